The molecule has 2 aromatic rings. The molecule has 0 radical (unpaired) electrons. The van der Waals surface area contributed by atoms with Gasteiger partial charge in [-0.2, -0.15) is 0 Å². The third-order valence-electron chi connectivity index (χ3n) is 4.40. The zero-order valence-electron chi connectivity index (χ0n) is 14.1. The third kappa shape index (κ3) is 3.18. The highest BCUT2D eigenvalue weighted by Crippen LogP contribution is 2.38. The van der Waals surface area contributed by atoms with Gasteiger partial charge in [0.15, 0.2) is 5.78 Å². The van der Waals surface area contributed by atoms with Crippen LogP contribution in [0.1, 0.15) is 42.0 Å². The second-order valence-corrected chi connectivity index (χ2v) is 7.92. The summed E-state index contributed by atoms with van der Waals surface area (Å²) in [6, 6.07) is 9.74. The molecule has 126 valence electrons. The van der Waals surface area contributed by atoms with Gasteiger partial charge in [0, 0.05) is 33.5 Å². The van der Waals surface area contributed by atoms with Crippen LogP contribution in [-0.4, -0.2) is 23.4 Å². The number of carbonyl (C=O) groups excluding carboxylic acids is 2. The molecule has 1 heterocycles. The third-order valence-corrected chi connectivity index (χ3v) is 4.93. The fraction of sp³-hybridized carbons (Fsp3) is 0.368. The van der Waals surface area contributed by atoms with Gasteiger partial charge in [0.05, 0.1) is 13.5 Å². The maximum absolute atomic E-state index is 12.6. The molecule has 1 aliphatic carbocycles. The van der Waals surface area contributed by atoms with Crippen molar-refractivity contribution >= 4 is 27.7 Å². The van der Waals surface area contributed by atoms with Crippen LogP contribution in [-0.2, 0) is 22.4 Å². The van der Waals surface area contributed by atoms with Crippen molar-refractivity contribution in [2.24, 2.45) is 5.41 Å². The number of methoxy groups -OCH3 is 1. The van der Waals surface area contributed by atoms with Crippen LogP contribution < -0.4 is 0 Å². The van der Waals surface area contributed by atoms with Gasteiger partial charge in [-0.05, 0) is 42.2 Å². The van der Waals surface area contributed by atoms with Gasteiger partial charge in [-0.3, -0.25) is 9.59 Å². The molecule has 1 aliphatic rings. The minimum atomic E-state index is -0.310. The quantitative estimate of drug-likeness (QED) is 0.742. The van der Waals surface area contributed by atoms with Gasteiger partial charge in [-0.1, -0.05) is 29.8 Å². The van der Waals surface area contributed by atoms with E-state index in [-0.39, 0.29) is 23.6 Å². The Balaban J connectivity index is 2.18. The van der Waals surface area contributed by atoms with Crippen molar-refractivity contribution in [3.8, 4) is 5.69 Å². The van der Waals surface area contributed by atoms with Crippen LogP contribution in [0.5, 0.6) is 0 Å². The Bertz CT molecular complexity index is 803. The first-order valence-electron chi connectivity index (χ1n) is 7.90. The van der Waals surface area contributed by atoms with E-state index in [4.69, 9.17) is 4.74 Å². The van der Waals surface area contributed by atoms with E-state index in [1.165, 1.54) is 7.11 Å². The van der Waals surface area contributed by atoms with Crippen molar-refractivity contribution in [1.82, 2.24) is 4.57 Å². The Morgan fingerprint density at radius 2 is 1.92 bits per heavy atom. The van der Waals surface area contributed by atoms with Crippen molar-refractivity contribution in [1.29, 1.82) is 0 Å². The highest BCUT2D eigenvalue weighted by atomic mass is 79.9. The van der Waals surface area contributed by atoms with Gasteiger partial charge in [0.1, 0.15) is 0 Å². The maximum atomic E-state index is 12.6. The molecule has 5 heteroatoms. The molecule has 0 unspecified atom stereocenters. The zero-order valence-corrected chi connectivity index (χ0v) is 15.6. The van der Waals surface area contributed by atoms with E-state index >= 15 is 0 Å². The molecule has 0 bridgehead atoms. The normalized spacial score (nSPS) is 15.9. The Morgan fingerprint density at radius 3 is 2.54 bits per heavy atom. The molecular weight excluding hydrogens is 370 g/mol. The summed E-state index contributed by atoms with van der Waals surface area (Å²) in [5.74, 6) is -0.168. The summed E-state index contributed by atoms with van der Waals surface area (Å²) in [7, 11) is 1.38. The number of Topliss-reactive ketones (excluding diaryl/α,β-unsaturated/α-hetero) is 1. The molecule has 4 nitrogen and oxygen atoms in total. The fourth-order valence-electron chi connectivity index (χ4n) is 3.33. The molecule has 3 rings (SSSR count). The van der Waals surface area contributed by atoms with Crippen molar-refractivity contribution in [2.75, 3.05) is 7.11 Å². The molecule has 24 heavy (non-hydrogen) atoms. The lowest BCUT2D eigenvalue weighted by Gasteiger charge is -2.30. The van der Waals surface area contributed by atoms with Crippen molar-refractivity contribution in [3.05, 3.63) is 51.8 Å². The second kappa shape index (κ2) is 6.20. The number of hydrogen-bond donors (Lipinski definition) is 0. The number of ether oxygens (including phenoxy) is 1. The lowest BCUT2D eigenvalue weighted by Crippen LogP contribution is -2.28. The second-order valence-electron chi connectivity index (χ2n) is 7.00. The Kier molecular flexibility index (Phi) is 4.38. The van der Waals surface area contributed by atoms with Crippen LogP contribution in [0.3, 0.4) is 0 Å². The SMILES string of the molecule is COC(=O)Cc1cc2c(n1-c1ccc(Br)cc1)CC(C)(C)CC2=O. The number of benzene rings is 1. The molecule has 1 aromatic carbocycles. The van der Waals surface area contributed by atoms with Crippen molar-refractivity contribution in [2.45, 2.75) is 33.1 Å². The van der Waals surface area contributed by atoms with Gasteiger partial charge >= 0.3 is 5.97 Å². The van der Waals surface area contributed by atoms with Crippen LogP contribution >= 0.6 is 15.9 Å². The molecule has 0 saturated heterocycles. The molecule has 0 spiro atoms. The number of halogens is 1. The minimum Gasteiger partial charge on any atom is -0.469 e. The number of carbonyl (C=O) groups is 2. The summed E-state index contributed by atoms with van der Waals surface area (Å²) in [5, 5.41) is 0. The number of esters is 1. The number of nitrogens with zero attached hydrogens (tertiary/aromatic N) is 1. The summed E-state index contributed by atoms with van der Waals surface area (Å²) < 4.78 is 7.84. The lowest BCUT2D eigenvalue weighted by atomic mass is 9.76. The zero-order chi connectivity index (χ0) is 17.5. The molecule has 1 aromatic heterocycles. The molecule has 0 aliphatic heterocycles. The molecular formula is C19H20BrNO3. The van der Waals surface area contributed by atoms with Crippen LogP contribution in [0.2, 0.25) is 0 Å². The van der Waals surface area contributed by atoms with Crippen LogP contribution in [0.25, 0.3) is 5.69 Å². The number of fused-ring (bicyclic) bond motifs is 1. The Labute approximate surface area is 149 Å². The predicted octanol–water partition coefficient (Wildman–Crippen LogP) is 4.11. The first kappa shape index (κ1) is 17.0. The van der Waals surface area contributed by atoms with Gasteiger partial charge in [0.25, 0.3) is 0 Å². The molecule has 0 fully saturated rings. The van der Waals surface area contributed by atoms with Crippen molar-refractivity contribution < 1.29 is 14.3 Å². The van der Waals surface area contributed by atoms with Gasteiger partial charge in [0.2, 0.25) is 0 Å². The molecule has 0 amide bonds. The number of aromatic nitrogens is 1. The van der Waals surface area contributed by atoms with E-state index in [1.54, 1.807) is 0 Å². The Hall–Kier alpha value is -1.88. The van der Waals surface area contributed by atoms with Gasteiger partial charge in [-0.25, -0.2) is 0 Å². The highest BCUT2D eigenvalue weighted by molar-refractivity contribution is 9.10. The monoisotopic (exact) mass is 389 g/mol. The van der Waals surface area contributed by atoms with E-state index in [2.05, 4.69) is 29.8 Å². The average Bonchev–Trinajstić information content (AvgIpc) is 2.85. The first-order chi connectivity index (χ1) is 11.3. The Morgan fingerprint density at radius 1 is 1.25 bits per heavy atom. The topological polar surface area (TPSA) is 48.3 Å². The summed E-state index contributed by atoms with van der Waals surface area (Å²) >= 11 is 3.44. The van der Waals surface area contributed by atoms with E-state index < -0.39 is 0 Å². The minimum absolute atomic E-state index is 0.0852. The van der Waals surface area contributed by atoms with Gasteiger partial charge in [-0.15, -0.1) is 0 Å². The number of hydrogen-bond acceptors (Lipinski definition) is 3. The molecule has 0 saturated carbocycles. The number of ketones is 1. The van der Waals surface area contributed by atoms with E-state index in [1.807, 2.05) is 34.9 Å². The average molecular weight is 390 g/mol. The smallest absolute Gasteiger partial charge is 0.311 e. The first-order valence-corrected chi connectivity index (χ1v) is 8.69. The summed E-state index contributed by atoms with van der Waals surface area (Å²) in [6.45, 7) is 4.21. The summed E-state index contributed by atoms with van der Waals surface area (Å²) in [5.41, 5.74) is 3.37. The summed E-state index contributed by atoms with van der Waals surface area (Å²) in [6.07, 6.45) is 1.47. The fourth-order valence-corrected chi connectivity index (χ4v) is 3.60. The molecule has 0 atom stereocenters. The largest absolute Gasteiger partial charge is 0.469 e. The maximum Gasteiger partial charge on any atom is 0.311 e. The van der Waals surface area contributed by atoms with E-state index in [0.717, 1.165) is 33.5 Å². The van der Waals surface area contributed by atoms with Crippen LogP contribution in [0.15, 0.2) is 34.8 Å². The predicted molar refractivity (Wildman–Crippen MR) is 95.6 cm³/mol. The van der Waals surface area contributed by atoms with E-state index in [0.29, 0.717) is 6.42 Å². The standard InChI is InChI=1S/C19H20BrNO3/c1-19(2)10-16-15(17(22)11-19)8-14(9-18(23)24-3)21(16)13-6-4-12(20)5-7-13/h4-8H,9-11H2,1-3H3. The summed E-state index contributed by atoms with van der Waals surface area (Å²) in [4.78, 5) is 24.4. The van der Waals surface area contributed by atoms with Crippen LogP contribution in [0, 0.1) is 5.41 Å². The van der Waals surface area contributed by atoms with E-state index in [9.17, 15) is 9.59 Å². The van der Waals surface area contributed by atoms with Crippen LogP contribution in [0.4, 0.5) is 0 Å². The van der Waals surface area contributed by atoms with Gasteiger partial charge < -0.3 is 9.30 Å². The lowest BCUT2D eigenvalue weighted by molar-refractivity contribution is -0.139. The highest BCUT2D eigenvalue weighted by Gasteiger charge is 2.35. The molecule has 0 N–H and O–H groups in total. The van der Waals surface area contributed by atoms with Crippen molar-refractivity contribution in [3.63, 3.8) is 0 Å². The number of rotatable bonds is 3.